The van der Waals surface area contributed by atoms with Crippen LogP contribution in [0.25, 0.3) is 0 Å². The van der Waals surface area contributed by atoms with E-state index >= 15 is 0 Å². The number of nitro benzene ring substituents is 1. The Hall–Kier alpha value is -1.98. The van der Waals surface area contributed by atoms with Gasteiger partial charge in [0.2, 0.25) is 0 Å². The molecule has 0 spiro atoms. The summed E-state index contributed by atoms with van der Waals surface area (Å²) in [5, 5.41) is 11.1. The summed E-state index contributed by atoms with van der Waals surface area (Å²) in [5.41, 5.74) is -0.261. The summed E-state index contributed by atoms with van der Waals surface area (Å²) in [4.78, 5) is 25.3. The number of benzene rings is 1. The summed E-state index contributed by atoms with van der Waals surface area (Å²) in [5.74, 6) is -0.282. The summed E-state index contributed by atoms with van der Waals surface area (Å²) in [6.45, 7) is 3.58. The molecule has 0 saturated heterocycles. The van der Waals surface area contributed by atoms with Crippen molar-refractivity contribution >= 4 is 11.6 Å². The molecule has 0 aliphatic heterocycles. The van der Waals surface area contributed by atoms with E-state index in [-0.39, 0.29) is 34.8 Å². The minimum atomic E-state index is -0.694. The third kappa shape index (κ3) is 3.28. The molecule has 1 aromatic rings. The number of hydrogen-bond acceptors (Lipinski definition) is 3. The van der Waals surface area contributed by atoms with Crippen LogP contribution < -0.4 is 0 Å². The molecule has 3 rings (SSSR count). The van der Waals surface area contributed by atoms with Crippen molar-refractivity contribution in [3.8, 4) is 0 Å². The van der Waals surface area contributed by atoms with E-state index in [1.165, 1.54) is 13.0 Å². The van der Waals surface area contributed by atoms with Gasteiger partial charge in [0.25, 0.3) is 11.6 Å². The molecule has 0 aromatic heterocycles. The Kier molecular flexibility index (Phi) is 4.56. The van der Waals surface area contributed by atoms with Crippen LogP contribution >= 0.6 is 0 Å². The zero-order valence-corrected chi connectivity index (χ0v) is 14.1. The highest BCUT2D eigenvalue weighted by atomic mass is 19.1. The largest absolute Gasteiger partial charge is 0.333 e. The quantitative estimate of drug-likeness (QED) is 0.611. The second kappa shape index (κ2) is 6.49. The Morgan fingerprint density at radius 2 is 1.71 bits per heavy atom. The van der Waals surface area contributed by atoms with Crippen molar-refractivity contribution in [2.45, 2.75) is 64.5 Å². The number of carbonyl (C=O) groups excluding carboxylic acids is 1. The van der Waals surface area contributed by atoms with Crippen molar-refractivity contribution in [3.05, 3.63) is 39.2 Å². The van der Waals surface area contributed by atoms with Gasteiger partial charge in [-0.15, -0.1) is 0 Å². The zero-order valence-electron chi connectivity index (χ0n) is 14.1. The summed E-state index contributed by atoms with van der Waals surface area (Å²) in [6.07, 6.45) is 6.02. The van der Waals surface area contributed by atoms with Crippen LogP contribution in [-0.2, 0) is 0 Å². The summed E-state index contributed by atoms with van der Waals surface area (Å²) in [6, 6.07) is 2.75. The van der Waals surface area contributed by atoms with Gasteiger partial charge in [-0.1, -0.05) is 6.92 Å². The molecule has 1 aromatic carbocycles. The van der Waals surface area contributed by atoms with Crippen LogP contribution in [-0.4, -0.2) is 27.8 Å². The van der Waals surface area contributed by atoms with Crippen LogP contribution in [0.15, 0.2) is 12.1 Å². The molecule has 2 aliphatic rings. The van der Waals surface area contributed by atoms with E-state index in [4.69, 9.17) is 0 Å². The van der Waals surface area contributed by atoms with E-state index < -0.39 is 10.7 Å². The van der Waals surface area contributed by atoms with Crippen molar-refractivity contribution in [3.63, 3.8) is 0 Å². The van der Waals surface area contributed by atoms with E-state index in [2.05, 4.69) is 6.92 Å². The van der Waals surface area contributed by atoms with Crippen molar-refractivity contribution in [2.24, 2.45) is 5.92 Å². The Bertz CT molecular complexity index is 664. The topological polar surface area (TPSA) is 63.5 Å². The first kappa shape index (κ1) is 16.9. The molecule has 0 bridgehead atoms. The van der Waals surface area contributed by atoms with Gasteiger partial charge in [-0.2, -0.15) is 0 Å². The normalized spacial score (nSPS) is 23.8. The number of carbonyl (C=O) groups is 1. The SMILES string of the molecule is Cc1c(F)cc(C(=O)N(C2CCC(C)CC2)C2CC2)cc1[N+](=O)[O-]. The predicted molar refractivity (Wildman–Crippen MR) is 88.4 cm³/mol. The van der Waals surface area contributed by atoms with Gasteiger partial charge < -0.3 is 4.90 Å². The zero-order chi connectivity index (χ0) is 17.4. The molecular formula is C18H23FN2O3. The first-order valence-electron chi connectivity index (χ1n) is 8.65. The van der Waals surface area contributed by atoms with E-state index in [1.54, 1.807) is 0 Å². The van der Waals surface area contributed by atoms with Crippen LogP contribution in [0.5, 0.6) is 0 Å². The van der Waals surface area contributed by atoms with Gasteiger partial charge >= 0.3 is 0 Å². The number of hydrogen-bond donors (Lipinski definition) is 0. The van der Waals surface area contributed by atoms with E-state index in [1.807, 2.05) is 4.90 Å². The molecule has 0 unspecified atom stereocenters. The Labute approximate surface area is 141 Å². The van der Waals surface area contributed by atoms with Crippen LogP contribution in [0.1, 0.15) is 61.4 Å². The lowest BCUT2D eigenvalue weighted by atomic mass is 9.86. The minimum absolute atomic E-state index is 0.0268. The lowest BCUT2D eigenvalue weighted by molar-refractivity contribution is -0.385. The van der Waals surface area contributed by atoms with Gasteiger partial charge in [-0.3, -0.25) is 14.9 Å². The highest BCUT2D eigenvalue weighted by molar-refractivity contribution is 5.95. The van der Waals surface area contributed by atoms with Gasteiger partial charge in [-0.05, 0) is 57.4 Å². The molecule has 130 valence electrons. The lowest BCUT2D eigenvalue weighted by Crippen LogP contribution is -2.43. The molecule has 0 N–H and O–H groups in total. The maximum absolute atomic E-state index is 14.1. The fourth-order valence-electron chi connectivity index (χ4n) is 3.63. The molecular weight excluding hydrogens is 311 g/mol. The lowest BCUT2D eigenvalue weighted by Gasteiger charge is -2.36. The molecule has 0 heterocycles. The number of nitro groups is 1. The predicted octanol–water partition coefficient (Wildman–Crippen LogP) is 4.23. The maximum atomic E-state index is 14.1. The third-order valence-corrected chi connectivity index (χ3v) is 5.31. The highest BCUT2D eigenvalue weighted by Gasteiger charge is 2.39. The fourth-order valence-corrected chi connectivity index (χ4v) is 3.63. The third-order valence-electron chi connectivity index (χ3n) is 5.31. The van der Waals surface area contributed by atoms with Gasteiger partial charge in [-0.25, -0.2) is 4.39 Å². The van der Waals surface area contributed by atoms with Crippen LogP contribution in [0.4, 0.5) is 10.1 Å². The first-order valence-corrected chi connectivity index (χ1v) is 8.65. The van der Waals surface area contributed by atoms with Gasteiger partial charge in [0.15, 0.2) is 0 Å². The standard InChI is InChI=1S/C18H23FN2O3/c1-11-3-5-14(6-4-11)20(15-7-8-15)18(22)13-9-16(19)12(2)17(10-13)21(23)24/h9-11,14-15H,3-8H2,1-2H3. The average molecular weight is 334 g/mol. The van der Waals surface area contributed by atoms with Crippen molar-refractivity contribution < 1.29 is 14.1 Å². The minimum Gasteiger partial charge on any atom is -0.333 e. The molecule has 5 nitrogen and oxygen atoms in total. The summed E-state index contributed by atoms with van der Waals surface area (Å²) < 4.78 is 14.1. The molecule has 1 amide bonds. The summed E-state index contributed by atoms with van der Waals surface area (Å²) >= 11 is 0. The molecule has 0 atom stereocenters. The van der Waals surface area contributed by atoms with Gasteiger partial charge in [0.1, 0.15) is 5.82 Å². The molecule has 2 saturated carbocycles. The van der Waals surface area contributed by atoms with Crippen molar-refractivity contribution in [1.29, 1.82) is 0 Å². The van der Waals surface area contributed by atoms with E-state index in [9.17, 15) is 19.3 Å². The Balaban J connectivity index is 1.89. The van der Waals surface area contributed by atoms with Crippen molar-refractivity contribution in [1.82, 2.24) is 4.90 Å². The highest BCUT2D eigenvalue weighted by Crippen LogP contribution is 2.37. The first-order chi connectivity index (χ1) is 11.4. The number of nitrogens with zero attached hydrogens (tertiary/aromatic N) is 2. The molecule has 24 heavy (non-hydrogen) atoms. The molecule has 2 fully saturated rings. The number of rotatable bonds is 4. The number of halogens is 1. The average Bonchev–Trinajstić information content (AvgIpc) is 3.36. The second-order valence-corrected chi connectivity index (χ2v) is 7.22. The monoisotopic (exact) mass is 334 g/mol. The van der Waals surface area contributed by atoms with Gasteiger partial charge in [0.05, 0.1) is 10.5 Å². The Morgan fingerprint density at radius 1 is 1.17 bits per heavy atom. The molecule has 2 aliphatic carbocycles. The van der Waals surface area contributed by atoms with Crippen LogP contribution in [0, 0.1) is 28.8 Å². The smallest absolute Gasteiger partial charge is 0.276 e. The van der Waals surface area contributed by atoms with Crippen LogP contribution in [0.2, 0.25) is 0 Å². The van der Waals surface area contributed by atoms with Gasteiger partial charge in [0, 0.05) is 23.7 Å². The summed E-state index contributed by atoms with van der Waals surface area (Å²) in [7, 11) is 0. The molecule has 6 heteroatoms. The van der Waals surface area contributed by atoms with Crippen molar-refractivity contribution in [2.75, 3.05) is 0 Å². The fraction of sp³-hybridized carbons (Fsp3) is 0.611. The Morgan fingerprint density at radius 3 is 2.21 bits per heavy atom. The maximum Gasteiger partial charge on any atom is 0.276 e. The second-order valence-electron chi connectivity index (χ2n) is 7.22. The van der Waals surface area contributed by atoms with E-state index in [0.29, 0.717) is 5.92 Å². The van der Waals surface area contributed by atoms with Crippen LogP contribution in [0.3, 0.4) is 0 Å². The number of amides is 1. The molecule has 0 radical (unpaired) electrons. The van der Waals surface area contributed by atoms with E-state index in [0.717, 1.165) is 44.6 Å².